The first kappa shape index (κ1) is 15.1. The van der Waals surface area contributed by atoms with Crippen molar-refractivity contribution in [1.82, 2.24) is 0 Å². The Balaban J connectivity index is 2.49. The summed E-state index contributed by atoms with van der Waals surface area (Å²) in [6.07, 6.45) is -1.25. The lowest BCUT2D eigenvalue weighted by atomic mass is 10.0. The third-order valence-electron chi connectivity index (χ3n) is 2.59. The molecule has 1 nitrogen and oxygen atoms in total. The Hall–Kier alpha value is -0.300. The van der Waals surface area contributed by atoms with Gasteiger partial charge in [0.15, 0.2) is 0 Å². The first-order valence-electron chi connectivity index (χ1n) is 5.17. The van der Waals surface area contributed by atoms with Crippen LogP contribution in [0.1, 0.15) is 17.2 Å². The minimum absolute atomic E-state index is 0.0239. The molecule has 0 saturated carbocycles. The Morgan fingerprint density at radius 3 is 2.16 bits per heavy atom. The maximum absolute atomic E-state index is 13.8. The van der Waals surface area contributed by atoms with E-state index >= 15 is 0 Å². The van der Waals surface area contributed by atoms with Gasteiger partial charge in [0.1, 0.15) is 17.7 Å². The van der Waals surface area contributed by atoms with Crippen molar-refractivity contribution in [2.45, 2.75) is 6.10 Å². The number of halogens is 5. The van der Waals surface area contributed by atoms with E-state index in [-0.39, 0.29) is 10.0 Å². The molecule has 6 heteroatoms. The van der Waals surface area contributed by atoms with Crippen molar-refractivity contribution in [2.24, 2.45) is 0 Å². The molecule has 19 heavy (non-hydrogen) atoms. The van der Waals surface area contributed by atoms with Gasteiger partial charge in [0.2, 0.25) is 0 Å². The van der Waals surface area contributed by atoms with Gasteiger partial charge in [-0.2, -0.15) is 0 Å². The van der Waals surface area contributed by atoms with Gasteiger partial charge in [-0.1, -0.05) is 37.9 Å². The molecule has 2 aromatic carbocycles. The summed E-state index contributed by atoms with van der Waals surface area (Å²) in [5.41, 5.74) is 0.354. The second kappa shape index (κ2) is 5.99. The van der Waals surface area contributed by atoms with Crippen LogP contribution in [0.15, 0.2) is 43.7 Å². The highest BCUT2D eigenvalue weighted by Gasteiger charge is 2.19. The lowest BCUT2D eigenvalue weighted by molar-refractivity contribution is 0.213. The molecule has 0 radical (unpaired) electrons. The molecule has 0 bridgehead atoms. The molecule has 1 N–H and O–H groups in total. The zero-order chi connectivity index (χ0) is 14.2. The summed E-state index contributed by atoms with van der Waals surface area (Å²) >= 11 is 9.47. The highest BCUT2D eigenvalue weighted by Crippen LogP contribution is 2.33. The van der Waals surface area contributed by atoms with Gasteiger partial charge in [0.05, 0.1) is 4.47 Å². The number of aliphatic hydroxyl groups excluding tert-OH is 1. The molecule has 0 spiro atoms. The molecular weight excluding hydrogens is 450 g/mol. The molecule has 2 aromatic rings. The third kappa shape index (κ3) is 3.24. The van der Waals surface area contributed by atoms with Crippen molar-refractivity contribution >= 4 is 47.8 Å². The average molecular weight is 457 g/mol. The third-order valence-corrected chi connectivity index (χ3v) is 4.38. The molecule has 0 heterocycles. The maximum Gasteiger partial charge on any atom is 0.137 e. The minimum atomic E-state index is -1.25. The molecule has 0 fully saturated rings. The fraction of sp³-hybridized carbons (Fsp3) is 0.0769. The van der Waals surface area contributed by atoms with E-state index in [0.717, 1.165) is 16.6 Å². The van der Waals surface area contributed by atoms with Crippen molar-refractivity contribution in [2.75, 3.05) is 0 Å². The van der Waals surface area contributed by atoms with Gasteiger partial charge in [-0.15, -0.1) is 0 Å². The lowest BCUT2D eigenvalue weighted by Crippen LogP contribution is -2.04. The van der Waals surface area contributed by atoms with Crippen LogP contribution in [0.4, 0.5) is 8.78 Å². The van der Waals surface area contributed by atoms with Crippen LogP contribution < -0.4 is 0 Å². The van der Waals surface area contributed by atoms with E-state index in [2.05, 4.69) is 47.8 Å². The molecule has 0 aliphatic heterocycles. The number of hydrogen-bond acceptors (Lipinski definition) is 1. The number of benzene rings is 2. The molecule has 0 aliphatic rings. The van der Waals surface area contributed by atoms with Crippen LogP contribution in [0.2, 0.25) is 0 Å². The van der Waals surface area contributed by atoms with Crippen molar-refractivity contribution < 1.29 is 13.9 Å². The molecule has 0 amide bonds. The van der Waals surface area contributed by atoms with Gasteiger partial charge in [-0.3, -0.25) is 0 Å². The Bertz CT molecular complexity index is 632. The summed E-state index contributed by atoms with van der Waals surface area (Å²) in [6.45, 7) is 0. The topological polar surface area (TPSA) is 20.2 Å². The predicted octanol–water partition coefficient (Wildman–Crippen LogP) is 5.33. The van der Waals surface area contributed by atoms with Crippen molar-refractivity contribution in [3.8, 4) is 0 Å². The Kier molecular flexibility index (Phi) is 4.76. The molecule has 0 aliphatic carbocycles. The maximum atomic E-state index is 13.8. The van der Waals surface area contributed by atoms with E-state index in [0.29, 0.717) is 10.0 Å². The second-order valence-corrected chi connectivity index (χ2v) is 6.48. The van der Waals surface area contributed by atoms with Crippen LogP contribution in [0, 0.1) is 11.6 Å². The summed E-state index contributed by atoms with van der Waals surface area (Å²) in [5.74, 6) is -1.29. The van der Waals surface area contributed by atoms with Gasteiger partial charge in [-0.05, 0) is 45.8 Å². The van der Waals surface area contributed by atoms with E-state index in [1.54, 1.807) is 18.2 Å². The minimum Gasteiger partial charge on any atom is -0.384 e. The number of aliphatic hydroxyl groups is 1. The smallest absolute Gasteiger partial charge is 0.137 e. The summed E-state index contributed by atoms with van der Waals surface area (Å²) in [7, 11) is 0. The lowest BCUT2D eigenvalue weighted by Gasteiger charge is -2.15. The molecule has 1 atom stereocenters. The quantitative estimate of drug-likeness (QED) is 0.605. The van der Waals surface area contributed by atoms with Crippen molar-refractivity contribution in [1.29, 1.82) is 0 Å². The molecule has 100 valence electrons. The zero-order valence-electron chi connectivity index (χ0n) is 9.30. The zero-order valence-corrected chi connectivity index (χ0v) is 14.1. The summed E-state index contributed by atoms with van der Waals surface area (Å²) < 4.78 is 28.7. The van der Waals surface area contributed by atoms with E-state index in [4.69, 9.17) is 0 Å². The van der Waals surface area contributed by atoms with Crippen molar-refractivity contribution in [3.05, 3.63) is 66.5 Å². The molecule has 0 aromatic heterocycles. The van der Waals surface area contributed by atoms with Crippen LogP contribution in [0.3, 0.4) is 0 Å². The van der Waals surface area contributed by atoms with Gasteiger partial charge in [0.25, 0.3) is 0 Å². The van der Waals surface area contributed by atoms with E-state index < -0.39 is 17.7 Å². The predicted molar refractivity (Wildman–Crippen MR) is 80.0 cm³/mol. The summed E-state index contributed by atoms with van der Waals surface area (Å²) in [6, 6.07) is 7.07. The monoisotopic (exact) mass is 454 g/mol. The number of hydrogen-bond donors (Lipinski definition) is 1. The Morgan fingerprint density at radius 2 is 1.53 bits per heavy atom. The van der Waals surface area contributed by atoms with Gasteiger partial charge < -0.3 is 5.11 Å². The standard InChI is InChI=1S/C13H7Br3F2O/c14-6-1-2-7(9(15)3-6)13(19)8-4-12(18)10(16)5-11(8)17/h1-5,13,19H. The van der Waals surface area contributed by atoms with Crippen LogP contribution in [0.25, 0.3) is 0 Å². The van der Waals surface area contributed by atoms with Gasteiger partial charge >= 0.3 is 0 Å². The first-order valence-corrected chi connectivity index (χ1v) is 7.55. The molecular formula is C13H7Br3F2O. The fourth-order valence-electron chi connectivity index (χ4n) is 1.64. The Morgan fingerprint density at radius 1 is 0.842 bits per heavy atom. The largest absolute Gasteiger partial charge is 0.384 e. The fourth-order valence-corrected chi connectivity index (χ4v) is 3.22. The van der Waals surface area contributed by atoms with Crippen LogP contribution in [0.5, 0.6) is 0 Å². The molecule has 2 rings (SSSR count). The highest BCUT2D eigenvalue weighted by atomic mass is 79.9. The van der Waals surface area contributed by atoms with E-state index in [1.165, 1.54) is 0 Å². The summed E-state index contributed by atoms with van der Waals surface area (Å²) in [4.78, 5) is 0. The van der Waals surface area contributed by atoms with Crippen LogP contribution in [-0.4, -0.2) is 5.11 Å². The van der Waals surface area contributed by atoms with Crippen LogP contribution >= 0.6 is 47.8 Å². The van der Waals surface area contributed by atoms with Gasteiger partial charge in [0, 0.05) is 14.5 Å². The normalized spacial score (nSPS) is 12.5. The van der Waals surface area contributed by atoms with E-state index in [1.807, 2.05) is 0 Å². The second-order valence-electron chi connectivity index (χ2n) is 3.86. The van der Waals surface area contributed by atoms with Crippen molar-refractivity contribution in [3.63, 3.8) is 0 Å². The first-order chi connectivity index (χ1) is 8.90. The number of rotatable bonds is 2. The van der Waals surface area contributed by atoms with Crippen LogP contribution in [-0.2, 0) is 0 Å². The molecule has 1 unspecified atom stereocenters. The molecule has 0 saturated heterocycles. The van der Waals surface area contributed by atoms with Gasteiger partial charge in [-0.25, -0.2) is 8.78 Å². The highest BCUT2D eigenvalue weighted by molar-refractivity contribution is 9.11. The van der Waals surface area contributed by atoms with E-state index in [9.17, 15) is 13.9 Å². The summed E-state index contributed by atoms with van der Waals surface area (Å²) in [5, 5.41) is 10.2. The average Bonchev–Trinajstić information content (AvgIpc) is 2.33. The SMILES string of the molecule is OC(c1cc(F)c(Br)cc1F)c1ccc(Br)cc1Br. The Labute approximate surface area is 134 Å².